The number of rotatable bonds is 22. The number of carbonyl (C=O) groups is 3. The summed E-state index contributed by atoms with van der Waals surface area (Å²) in [6.07, 6.45) is -3.23. The first-order valence-corrected chi connectivity index (χ1v) is 18.6. The molecule has 0 fully saturated rings. The third-order valence-electron chi connectivity index (χ3n) is 5.46. The first-order valence-electron chi connectivity index (χ1n) is 12.5. The first kappa shape index (κ1) is 43.0. The average Bonchev–Trinajstić information content (AvgIpc) is 2.83. The predicted octanol–water partition coefficient (Wildman–Crippen LogP) is -0.425. The minimum absolute atomic E-state index is 0.00906. The normalized spacial score (nSPS) is 17.2. The van der Waals surface area contributed by atoms with Gasteiger partial charge in [-0.15, -0.1) is 0 Å². The lowest BCUT2D eigenvalue weighted by molar-refractivity contribution is -0.137. The number of nitrogens with one attached hydrogen (secondary N) is 2. The Kier molecular flexibility index (Phi) is 16.9. The number of amides is 2. The van der Waals surface area contributed by atoms with Crippen molar-refractivity contribution >= 4 is 48.9 Å². The van der Waals surface area contributed by atoms with E-state index in [1.165, 1.54) is 27.7 Å². The van der Waals surface area contributed by atoms with Crippen molar-refractivity contribution in [2.45, 2.75) is 65.6 Å². The van der Waals surface area contributed by atoms with Crippen LogP contribution in [0.15, 0.2) is 0 Å². The Morgan fingerprint density at radius 1 is 0.636 bits per heavy atom. The number of Topliss-reactive ketones (excluding diaryl/α,β-unsaturated/α-hetero) is 1. The number of hydrogen-bond acceptors (Lipinski definition) is 13. The van der Waals surface area contributed by atoms with Crippen LogP contribution in [0.3, 0.4) is 0 Å². The molecule has 260 valence electrons. The molecule has 4 atom stereocenters. The van der Waals surface area contributed by atoms with E-state index in [1.807, 2.05) is 0 Å². The molecule has 0 aromatic carbocycles. The van der Waals surface area contributed by atoms with Gasteiger partial charge in [0, 0.05) is 36.8 Å². The number of aliphatic hydroxyl groups is 2. The molecule has 0 aromatic rings. The topological polar surface area (TPSA) is 342 Å². The number of phosphoric ester groups is 2. The lowest BCUT2D eigenvalue weighted by atomic mass is 9.87. The van der Waals surface area contributed by atoms with Gasteiger partial charge in [0.05, 0.1) is 13.2 Å². The SMILES string of the molecule is CC(C)(COP(=O)(O)OP(=O)(O)O)C(O)C(=O)NCCCC(=O)CCCNC(=O)C(O)C(C)(C)COP(=O)(O)OP(=O)(O)O. The van der Waals surface area contributed by atoms with E-state index >= 15 is 0 Å². The summed E-state index contributed by atoms with van der Waals surface area (Å²) in [7, 11) is -21.1. The summed E-state index contributed by atoms with van der Waals surface area (Å²) in [6.45, 7) is 3.38. The number of carbonyl (C=O) groups excluding carboxylic acids is 3. The fourth-order valence-electron chi connectivity index (χ4n) is 2.99. The molecular weight excluding hydrogens is 684 g/mol. The van der Waals surface area contributed by atoms with Gasteiger partial charge in [-0.25, -0.2) is 18.3 Å². The number of ketones is 1. The summed E-state index contributed by atoms with van der Waals surface area (Å²) >= 11 is 0. The molecule has 0 radical (unpaired) electrons. The van der Waals surface area contributed by atoms with Crippen molar-refractivity contribution in [3.8, 4) is 0 Å². The summed E-state index contributed by atoms with van der Waals surface area (Å²) in [5.74, 6) is -2.08. The molecule has 10 N–H and O–H groups in total. The highest BCUT2D eigenvalue weighted by atomic mass is 31.3. The highest BCUT2D eigenvalue weighted by molar-refractivity contribution is 7.61. The molecule has 25 heteroatoms. The monoisotopic (exact) mass is 724 g/mol. The van der Waals surface area contributed by atoms with Crippen LogP contribution in [0, 0.1) is 10.8 Å². The van der Waals surface area contributed by atoms with Gasteiger partial charge in [0.25, 0.3) is 0 Å². The van der Waals surface area contributed by atoms with E-state index in [1.54, 1.807) is 0 Å². The van der Waals surface area contributed by atoms with E-state index < -0.39 is 79.4 Å². The molecule has 0 bridgehead atoms. The van der Waals surface area contributed by atoms with Gasteiger partial charge in [-0.3, -0.25) is 23.4 Å². The van der Waals surface area contributed by atoms with Gasteiger partial charge in [-0.1, -0.05) is 27.7 Å². The molecule has 0 aliphatic carbocycles. The standard InChI is InChI=1S/C19H40N2O19P4/c1-18(2,11-37-43(33,34)39-41(27,28)29)14(23)16(25)20-9-5-7-13(22)8-6-10-21-17(26)15(24)19(3,4)12-38-44(35,36)40-42(30,31)32/h14-15,23-24H,5-12H2,1-4H3,(H,20,25)(H,21,26)(H,33,34)(H,35,36)(H2,27,28,29)(H2,30,31,32). The van der Waals surface area contributed by atoms with E-state index in [0.717, 1.165) is 0 Å². The Morgan fingerprint density at radius 2 is 0.932 bits per heavy atom. The number of phosphoric acid groups is 4. The third-order valence-corrected chi connectivity index (χ3v) is 9.72. The van der Waals surface area contributed by atoms with Crippen LogP contribution in [0.25, 0.3) is 0 Å². The molecular formula is C19H40N2O19P4. The molecule has 21 nitrogen and oxygen atoms in total. The molecule has 0 saturated carbocycles. The lowest BCUT2D eigenvalue weighted by Crippen LogP contribution is -2.46. The quantitative estimate of drug-likeness (QED) is 0.0500. The van der Waals surface area contributed by atoms with E-state index in [9.17, 15) is 52.6 Å². The Labute approximate surface area is 252 Å². The van der Waals surface area contributed by atoms with E-state index in [2.05, 4.69) is 28.3 Å². The zero-order valence-electron chi connectivity index (χ0n) is 24.2. The lowest BCUT2D eigenvalue weighted by Gasteiger charge is -2.29. The van der Waals surface area contributed by atoms with Crippen LogP contribution in [0.4, 0.5) is 0 Å². The summed E-state index contributed by atoms with van der Waals surface area (Å²) in [6, 6.07) is 0. The van der Waals surface area contributed by atoms with Gasteiger partial charge in [-0.2, -0.15) is 8.62 Å². The zero-order chi connectivity index (χ0) is 34.8. The number of hydrogen-bond donors (Lipinski definition) is 10. The summed E-state index contributed by atoms with van der Waals surface area (Å²) in [5.41, 5.74) is -3.00. The smallest absolute Gasteiger partial charge is 0.383 e. The van der Waals surface area contributed by atoms with Crippen molar-refractivity contribution in [2.24, 2.45) is 10.8 Å². The molecule has 0 aromatic heterocycles. The van der Waals surface area contributed by atoms with Crippen molar-refractivity contribution < 1.29 is 89.9 Å². The van der Waals surface area contributed by atoms with Crippen LogP contribution in [-0.4, -0.2) is 95.7 Å². The van der Waals surface area contributed by atoms with Crippen molar-refractivity contribution in [2.75, 3.05) is 26.3 Å². The maximum absolute atomic E-state index is 12.2. The minimum atomic E-state index is -5.35. The van der Waals surface area contributed by atoms with Crippen LogP contribution in [0.2, 0.25) is 0 Å². The highest BCUT2D eigenvalue weighted by Crippen LogP contribution is 2.59. The molecule has 2 amide bonds. The van der Waals surface area contributed by atoms with Crippen LogP contribution in [0.1, 0.15) is 53.4 Å². The van der Waals surface area contributed by atoms with Gasteiger partial charge >= 0.3 is 31.3 Å². The van der Waals surface area contributed by atoms with Gasteiger partial charge < -0.3 is 50.2 Å². The molecule has 44 heavy (non-hydrogen) atoms. The first-order chi connectivity index (χ1) is 19.6. The summed E-state index contributed by atoms with van der Waals surface area (Å²) in [5, 5.41) is 25.2. The van der Waals surface area contributed by atoms with Crippen molar-refractivity contribution in [1.82, 2.24) is 10.6 Å². The minimum Gasteiger partial charge on any atom is -0.383 e. The second kappa shape index (κ2) is 17.3. The maximum atomic E-state index is 12.2. The van der Waals surface area contributed by atoms with Crippen LogP contribution >= 0.6 is 31.3 Å². The van der Waals surface area contributed by atoms with Crippen LogP contribution < -0.4 is 10.6 Å². The molecule has 0 saturated heterocycles. The largest absolute Gasteiger partial charge is 0.481 e. The number of aliphatic hydroxyl groups excluding tert-OH is 2. The van der Waals surface area contributed by atoms with Gasteiger partial charge in [0.1, 0.15) is 18.0 Å². The van der Waals surface area contributed by atoms with E-state index in [4.69, 9.17) is 19.6 Å². The van der Waals surface area contributed by atoms with Crippen molar-refractivity contribution in [1.29, 1.82) is 0 Å². The average molecular weight is 724 g/mol. The molecule has 0 spiro atoms. The fourth-order valence-corrected chi connectivity index (χ4v) is 6.51. The maximum Gasteiger partial charge on any atom is 0.481 e. The fraction of sp³-hybridized carbons (Fsp3) is 0.842. The highest BCUT2D eigenvalue weighted by Gasteiger charge is 2.40. The Bertz CT molecular complexity index is 1090. The molecule has 0 aliphatic heterocycles. The molecule has 4 unspecified atom stereocenters. The Morgan fingerprint density at radius 3 is 1.20 bits per heavy atom. The second-order valence-electron chi connectivity index (χ2n) is 10.7. The van der Waals surface area contributed by atoms with Crippen LogP contribution in [0.5, 0.6) is 0 Å². The van der Waals surface area contributed by atoms with Crippen LogP contribution in [-0.2, 0) is 50.3 Å². The van der Waals surface area contributed by atoms with Gasteiger partial charge in [-0.05, 0) is 12.8 Å². The molecule has 0 heterocycles. The molecule has 0 rings (SSSR count). The Balaban J connectivity index is 4.44. The summed E-state index contributed by atoms with van der Waals surface area (Å²) < 4.78 is 60.7. The second-order valence-corrected chi connectivity index (χ2v) is 16.4. The molecule has 0 aliphatic rings. The van der Waals surface area contributed by atoms with Crippen molar-refractivity contribution in [3.05, 3.63) is 0 Å². The zero-order valence-corrected chi connectivity index (χ0v) is 27.7. The van der Waals surface area contributed by atoms with Crippen molar-refractivity contribution in [3.63, 3.8) is 0 Å². The third kappa shape index (κ3) is 18.9. The van der Waals surface area contributed by atoms with E-state index in [-0.39, 0.29) is 44.6 Å². The van der Waals surface area contributed by atoms with E-state index in [0.29, 0.717) is 0 Å². The predicted molar refractivity (Wildman–Crippen MR) is 147 cm³/mol. The van der Waals surface area contributed by atoms with Gasteiger partial charge in [0.2, 0.25) is 11.8 Å². The Hall–Kier alpha value is -0.950. The van der Waals surface area contributed by atoms with Gasteiger partial charge in [0.15, 0.2) is 0 Å². The summed E-state index contributed by atoms with van der Waals surface area (Å²) in [4.78, 5) is 89.6.